The summed E-state index contributed by atoms with van der Waals surface area (Å²) in [6, 6.07) is 5.22. The first kappa shape index (κ1) is 9.55. The number of carbonyl (C=O) groups is 1. The largest absolute Gasteiger partial charge is 0.478 e. The van der Waals surface area contributed by atoms with Crippen molar-refractivity contribution in [3.05, 3.63) is 29.3 Å². The Morgan fingerprint density at radius 3 is 3.07 bits per heavy atom. The second kappa shape index (κ2) is 3.63. The van der Waals surface area contributed by atoms with Crippen molar-refractivity contribution in [3.63, 3.8) is 0 Å². The summed E-state index contributed by atoms with van der Waals surface area (Å²) in [5.41, 5.74) is 7.33. The summed E-state index contributed by atoms with van der Waals surface area (Å²) in [7, 11) is 0. The van der Waals surface area contributed by atoms with E-state index in [-0.39, 0.29) is 6.04 Å². The van der Waals surface area contributed by atoms with Gasteiger partial charge in [-0.05, 0) is 29.9 Å². The van der Waals surface area contributed by atoms with Gasteiger partial charge in [0.15, 0.2) is 0 Å². The van der Waals surface area contributed by atoms with Crippen LogP contribution in [-0.2, 0) is 0 Å². The minimum Gasteiger partial charge on any atom is -0.478 e. The number of thioether (sulfide) groups is 1. The summed E-state index contributed by atoms with van der Waals surface area (Å²) in [6.45, 7) is 0. The highest BCUT2D eigenvalue weighted by Gasteiger charge is 2.18. The Kier molecular flexibility index (Phi) is 2.48. The minimum absolute atomic E-state index is 0.0640. The molecule has 1 atom stereocenters. The summed E-state index contributed by atoms with van der Waals surface area (Å²) in [5, 5.41) is 8.81. The number of hydrogen-bond acceptors (Lipinski definition) is 3. The highest BCUT2D eigenvalue weighted by molar-refractivity contribution is 7.99. The van der Waals surface area contributed by atoms with Crippen molar-refractivity contribution in [3.8, 4) is 0 Å². The zero-order valence-corrected chi connectivity index (χ0v) is 8.38. The molecule has 3 N–H and O–H groups in total. The molecule has 0 aliphatic carbocycles. The molecule has 1 aliphatic heterocycles. The van der Waals surface area contributed by atoms with Crippen molar-refractivity contribution in [2.75, 3.05) is 5.75 Å². The van der Waals surface area contributed by atoms with E-state index in [9.17, 15) is 4.79 Å². The van der Waals surface area contributed by atoms with Gasteiger partial charge >= 0.3 is 5.97 Å². The Morgan fingerprint density at radius 1 is 1.57 bits per heavy atom. The average molecular weight is 209 g/mol. The topological polar surface area (TPSA) is 63.3 Å². The molecule has 1 unspecified atom stereocenters. The van der Waals surface area contributed by atoms with Crippen LogP contribution in [0.4, 0.5) is 0 Å². The van der Waals surface area contributed by atoms with E-state index in [1.807, 2.05) is 6.07 Å². The monoisotopic (exact) mass is 209 g/mol. The maximum absolute atomic E-state index is 10.7. The van der Waals surface area contributed by atoms with Gasteiger partial charge in [-0.3, -0.25) is 0 Å². The standard InChI is InChI=1S/C10H11NO2S/c11-8-3-4-14-9-5-6(10(12)13)1-2-7(8)9/h1-2,5,8H,3-4,11H2,(H,12,13). The van der Waals surface area contributed by atoms with Gasteiger partial charge in [0, 0.05) is 10.9 Å². The third kappa shape index (κ3) is 1.63. The number of aromatic carboxylic acids is 1. The molecule has 2 rings (SSSR count). The van der Waals surface area contributed by atoms with Gasteiger partial charge in [-0.1, -0.05) is 6.07 Å². The van der Waals surface area contributed by atoms with Gasteiger partial charge in [0.1, 0.15) is 0 Å². The molecule has 0 saturated carbocycles. The zero-order chi connectivity index (χ0) is 10.1. The molecular formula is C10H11NO2S. The lowest BCUT2D eigenvalue weighted by atomic mass is 10.0. The van der Waals surface area contributed by atoms with Gasteiger partial charge in [-0.2, -0.15) is 0 Å². The number of carboxylic acid groups (broad SMARTS) is 1. The molecule has 1 aromatic carbocycles. The van der Waals surface area contributed by atoms with Gasteiger partial charge in [0.05, 0.1) is 5.56 Å². The molecule has 0 saturated heterocycles. The third-order valence-electron chi connectivity index (χ3n) is 2.35. The normalized spacial score (nSPS) is 20.2. The Hall–Kier alpha value is -1.00. The number of benzene rings is 1. The van der Waals surface area contributed by atoms with Gasteiger partial charge in [-0.15, -0.1) is 11.8 Å². The van der Waals surface area contributed by atoms with Gasteiger partial charge < -0.3 is 10.8 Å². The Labute approximate surface area is 86.3 Å². The molecule has 1 aliphatic rings. The first-order valence-electron chi connectivity index (χ1n) is 4.44. The Balaban J connectivity index is 2.44. The highest BCUT2D eigenvalue weighted by Crippen LogP contribution is 2.35. The molecule has 0 amide bonds. The second-order valence-electron chi connectivity index (χ2n) is 3.30. The molecule has 0 fully saturated rings. The van der Waals surface area contributed by atoms with Crippen LogP contribution in [0.25, 0.3) is 0 Å². The van der Waals surface area contributed by atoms with Crippen LogP contribution in [0.3, 0.4) is 0 Å². The minimum atomic E-state index is -0.882. The first-order chi connectivity index (χ1) is 6.68. The molecule has 0 aromatic heterocycles. The maximum atomic E-state index is 10.7. The van der Waals surface area contributed by atoms with E-state index in [2.05, 4.69) is 0 Å². The molecule has 1 aromatic rings. The molecule has 0 spiro atoms. The summed E-state index contributed by atoms with van der Waals surface area (Å²) in [4.78, 5) is 11.7. The fourth-order valence-corrected chi connectivity index (χ4v) is 2.74. The summed E-state index contributed by atoms with van der Waals surface area (Å²) in [5.74, 6) is 0.0876. The van der Waals surface area contributed by atoms with Crippen molar-refractivity contribution < 1.29 is 9.90 Å². The number of fused-ring (bicyclic) bond motifs is 1. The fraction of sp³-hybridized carbons (Fsp3) is 0.300. The molecule has 4 heteroatoms. The van der Waals surface area contributed by atoms with Crippen LogP contribution in [0.1, 0.15) is 28.4 Å². The lowest BCUT2D eigenvalue weighted by Gasteiger charge is -2.21. The molecule has 1 heterocycles. The van der Waals surface area contributed by atoms with E-state index < -0.39 is 5.97 Å². The van der Waals surface area contributed by atoms with Crippen molar-refractivity contribution in [1.29, 1.82) is 0 Å². The predicted octanol–water partition coefficient (Wildman–Crippen LogP) is 1.88. The predicted molar refractivity (Wildman–Crippen MR) is 55.7 cm³/mol. The van der Waals surface area contributed by atoms with Crippen molar-refractivity contribution in [1.82, 2.24) is 0 Å². The summed E-state index contributed by atoms with van der Waals surface area (Å²) >= 11 is 1.68. The van der Waals surface area contributed by atoms with Crippen molar-refractivity contribution in [2.45, 2.75) is 17.4 Å². The number of hydrogen-bond donors (Lipinski definition) is 2. The molecule has 0 bridgehead atoms. The van der Waals surface area contributed by atoms with Crippen molar-refractivity contribution >= 4 is 17.7 Å². The van der Waals surface area contributed by atoms with E-state index >= 15 is 0 Å². The van der Waals surface area contributed by atoms with Crippen LogP contribution in [0, 0.1) is 0 Å². The van der Waals surface area contributed by atoms with Gasteiger partial charge in [0.2, 0.25) is 0 Å². The molecular weight excluding hydrogens is 198 g/mol. The van der Waals surface area contributed by atoms with Crippen LogP contribution in [0.5, 0.6) is 0 Å². The quantitative estimate of drug-likeness (QED) is 0.741. The van der Waals surface area contributed by atoms with Crippen LogP contribution in [-0.4, -0.2) is 16.8 Å². The van der Waals surface area contributed by atoms with E-state index in [4.69, 9.17) is 10.8 Å². The molecule has 14 heavy (non-hydrogen) atoms. The fourth-order valence-electron chi connectivity index (χ4n) is 1.55. The Morgan fingerprint density at radius 2 is 2.36 bits per heavy atom. The van der Waals surface area contributed by atoms with Gasteiger partial charge in [-0.25, -0.2) is 4.79 Å². The lowest BCUT2D eigenvalue weighted by molar-refractivity contribution is 0.0696. The number of rotatable bonds is 1. The third-order valence-corrected chi connectivity index (χ3v) is 3.45. The summed E-state index contributed by atoms with van der Waals surface area (Å²) < 4.78 is 0. The number of carboxylic acids is 1. The number of nitrogens with two attached hydrogens (primary N) is 1. The molecule has 3 nitrogen and oxygen atoms in total. The van der Waals surface area contributed by atoms with E-state index in [1.54, 1.807) is 23.9 Å². The SMILES string of the molecule is NC1CCSc2cc(C(=O)O)ccc21. The molecule has 74 valence electrons. The van der Waals surface area contributed by atoms with Crippen LogP contribution >= 0.6 is 11.8 Å². The smallest absolute Gasteiger partial charge is 0.335 e. The second-order valence-corrected chi connectivity index (χ2v) is 4.44. The van der Waals surface area contributed by atoms with Crippen LogP contribution in [0.15, 0.2) is 23.1 Å². The summed E-state index contributed by atoms with van der Waals surface area (Å²) in [6.07, 6.45) is 0.962. The average Bonchev–Trinajstić information content (AvgIpc) is 2.17. The first-order valence-corrected chi connectivity index (χ1v) is 5.42. The highest BCUT2D eigenvalue weighted by atomic mass is 32.2. The van der Waals surface area contributed by atoms with Crippen LogP contribution < -0.4 is 5.73 Å². The Bertz CT molecular complexity index is 378. The zero-order valence-electron chi connectivity index (χ0n) is 7.56. The van der Waals surface area contributed by atoms with Gasteiger partial charge in [0.25, 0.3) is 0 Å². The maximum Gasteiger partial charge on any atom is 0.335 e. The van der Waals surface area contributed by atoms with E-state index in [1.165, 1.54) is 0 Å². The van der Waals surface area contributed by atoms with Crippen LogP contribution in [0.2, 0.25) is 0 Å². The molecule has 0 radical (unpaired) electrons. The van der Waals surface area contributed by atoms with E-state index in [0.717, 1.165) is 22.6 Å². The van der Waals surface area contributed by atoms with E-state index in [0.29, 0.717) is 5.56 Å². The van der Waals surface area contributed by atoms with Crippen molar-refractivity contribution in [2.24, 2.45) is 5.73 Å². The lowest BCUT2D eigenvalue weighted by Crippen LogP contribution is -2.16.